The maximum atomic E-state index is 11.9. The van der Waals surface area contributed by atoms with Gasteiger partial charge < -0.3 is 19.2 Å². The number of para-hydroxylation sites is 1. The first-order valence-corrected chi connectivity index (χ1v) is 8.22. The Bertz CT molecular complexity index is 960. The number of carbonyl (C=O) groups excluding carboxylic acids is 1. The largest absolute Gasteiger partial charge is 0.493 e. The zero-order valence-corrected chi connectivity index (χ0v) is 14.9. The number of aromatic amines is 1. The number of benzene rings is 2. The first kappa shape index (κ1) is 17.5. The van der Waals surface area contributed by atoms with Crippen molar-refractivity contribution in [2.24, 2.45) is 0 Å². The van der Waals surface area contributed by atoms with Gasteiger partial charge in [-0.2, -0.15) is 0 Å². The van der Waals surface area contributed by atoms with Gasteiger partial charge in [0.25, 0.3) is 0 Å². The predicted octanol–water partition coefficient (Wildman–Crippen LogP) is 3.93. The quantitative estimate of drug-likeness (QED) is 0.681. The average molecular weight is 352 g/mol. The third-order valence-electron chi connectivity index (χ3n) is 3.86. The van der Waals surface area contributed by atoms with Crippen LogP contribution in [0.2, 0.25) is 0 Å². The molecule has 0 radical (unpaired) electrons. The normalized spacial score (nSPS) is 11.0. The van der Waals surface area contributed by atoms with Crippen LogP contribution in [0.1, 0.15) is 28.7 Å². The molecule has 1 aromatic heterocycles. The molecule has 1 heterocycles. The van der Waals surface area contributed by atoms with Crippen LogP contribution in [-0.4, -0.2) is 36.8 Å². The van der Waals surface area contributed by atoms with Crippen molar-refractivity contribution in [2.75, 3.05) is 20.8 Å². The Morgan fingerprint density at radius 3 is 2.73 bits per heavy atom. The van der Waals surface area contributed by atoms with Gasteiger partial charge in [-0.15, -0.1) is 0 Å². The van der Waals surface area contributed by atoms with E-state index in [0.717, 1.165) is 11.1 Å². The number of aromatic nitrogens is 2. The highest BCUT2D eigenvalue weighted by Gasteiger charge is 2.13. The summed E-state index contributed by atoms with van der Waals surface area (Å²) >= 11 is 0. The molecule has 6 heteroatoms. The fourth-order valence-corrected chi connectivity index (χ4v) is 2.65. The van der Waals surface area contributed by atoms with Gasteiger partial charge in [0.1, 0.15) is 11.3 Å². The van der Waals surface area contributed by atoms with Gasteiger partial charge >= 0.3 is 5.97 Å². The maximum Gasteiger partial charge on any atom is 0.340 e. The topological polar surface area (TPSA) is 73.4 Å². The standard InChI is InChI=1S/C20H20N2O4/c1-4-26-17-12-13(8-10-16(17)24-2)9-11-18-21-15-7-5-6-14(19(15)22-18)20(23)25-3/h5-12H,4H2,1-3H3,(H,21,22)/b11-9+. The number of rotatable bonds is 6. The highest BCUT2D eigenvalue weighted by atomic mass is 16.5. The Morgan fingerprint density at radius 2 is 2.00 bits per heavy atom. The van der Waals surface area contributed by atoms with Crippen molar-refractivity contribution in [2.45, 2.75) is 6.92 Å². The number of fused-ring (bicyclic) bond motifs is 1. The molecule has 0 saturated heterocycles. The number of H-pyrrole nitrogens is 1. The minimum absolute atomic E-state index is 0.408. The third kappa shape index (κ3) is 3.54. The van der Waals surface area contributed by atoms with Gasteiger partial charge in [0.2, 0.25) is 0 Å². The molecule has 1 N–H and O–H groups in total. The molecule has 2 aromatic carbocycles. The van der Waals surface area contributed by atoms with E-state index in [2.05, 4.69) is 9.97 Å². The van der Waals surface area contributed by atoms with Gasteiger partial charge in [-0.25, -0.2) is 9.78 Å². The molecule has 0 unspecified atom stereocenters. The van der Waals surface area contributed by atoms with Crippen molar-refractivity contribution < 1.29 is 19.0 Å². The Labute approximate surface area is 151 Å². The maximum absolute atomic E-state index is 11.9. The number of nitrogens with one attached hydrogen (secondary N) is 1. The summed E-state index contributed by atoms with van der Waals surface area (Å²) in [5.74, 6) is 1.62. The van der Waals surface area contributed by atoms with E-state index in [9.17, 15) is 4.79 Å². The summed E-state index contributed by atoms with van der Waals surface area (Å²) in [4.78, 5) is 19.5. The first-order valence-electron chi connectivity index (χ1n) is 8.22. The first-order chi connectivity index (χ1) is 12.7. The Morgan fingerprint density at radius 1 is 1.15 bits per heavy atom. The third-order valence-corrected chi connectivity index (χ3v) is 3.86. The summed E-state index contributed by atoms with van der Waals surface area (Å²) in [7, 11) is 2.97. The number of ether oxygens (including phenoxy) is 3. The van der Waals surface area contributed by atoms with Crippen molar-refractivity contribution in [1.82, 2.24) is 9.97 Å². The number of hydrogen-bond donors (Lipinski definition) is 1. The molecular weight excluding hydrogens is 332 g/mol. The number of carbonyl (C=O) groups is 1. The Kier molecular flexibility index (Phi) is 5.22. The van der Waals surface area contributed by atoms with E-state index in [1.807, 2.05) is 43.3 Å². The van der Waals surface area contributed by atoms with Gasteiger partial charge in [0.15, 0.2) is 11.5 Å². The number of imidazole rings is 1. The lowest BCUT2D eigenvalue weighted by molar-refractivity contribution is 0.0603. The van der Waals surface area contributed by atoms with Crippen molar-refractivity contribution in [3.63, 3.8) is 0 Å². The second-order valence-electron chi connectivity index (χ2n) is 5.49. The van der Waals surface area contributed by atoms with Crippen molar-refractivity contribution in [3.8, 4) is 11.5 Å². The monoisotopic (exact) mass is 352 g/mol. The molecule has 0 atom stereocenters. The van der Waals surface area contributed by atoms with Crippen molar-refractivity contribution >= 4 is 29.2 Å². The van der Waals surface area contributed by atoms with Crippen LogP contribution in [0.4, 0.5) is 0 Å². The summed E-state index contributed by atoms with van der Waals surface area (Å²) in [5, 5.41) is 0. The van der Waals surface area contributed by atoms with Crippen molar-refractivity contribution in [3.05, 3.63) is 53.3 Å². The molecule has 0 spiro atoms. The van der Waals surface area contributed by atoms with E-state index in [0.29, 0.717) is 35.0 Å². The minimum atomic E-state index is -0.408. The van der Waals surface area contributed by atoms with Crippen LogP contribution in [0.5, 0.6) is 11.5 Å². The summed E-state index contributed by atoms with van der Waals surface area (Å²) in [6, 6.07) is 11.0. The number of esters is 1. The van der Waals surface area contributed by atoms with E-state index in [1.165, 1.54) is 7.11 Å². The number of hydrogen-bond acceptors (Lipinski definition) is 5. The van der Waals surface area contributed by atoms with Crippen LogP contribution in [0, 0.1) is 0 Å². The smallest absolute Gasteiger partial charge is 0.340 e. The zero-order valence-electron chi connectivity index (χ0n) is 14.9. The summed E-state index contributed by atoms with van der Waals surface area (Å²) < 4.78 is 15.7. The van der Waals surface area contributed by atoms with Gasteiger partial charge in [0.05, 0.1) is 31.9 Å². The van der Waals surface area contributed by atoms with Crippen LogP contribution in [0.15, 0.2) is 36.4 Å². The van der Waals surface area contributed by atoms with E-state index in [4.69, 9.17) is 14.2 Å². The number of nitrogens with zero attached hydrogens (tertiary/aromatic N) is 1. The molecule has 0 bridgehead atoms. The molecule has 0 aliphatic carbocycles. The van der Waals surface area contributed by atoms with Crippen LogP contribution >= 0.6 is 0 Å². The van der Waals surface area contributed by atoms with Gasteiger partial charge in [-0.1, -0.05) is 18.2 Å². The van der Waals surface area contributed by atoms with E-state index in [1.54, 1.807) is 19.2 Å². The molecule has 0 fully saturated rings. The summed E-state index contributed by atoms with van der Waals surface area (Å²) in [6.07, 6.45) is 3.76. The van der Waals surface area contributed by atoms with Crippen LogP contribution in [0.3, 0.4) is 0 Å². The van der Waals surface area contributed by atoms with Gasteiger partial charge in [-0.3, -0.25) is 0 Å². The Hall–Kier alpha value is -3.28. The second kappa shape index (κ2) is 7.74. The lowest BCUT2D eigenvalue weighted by Crippen LogP contribution is -2.01. The highest BCUT2D eigenvalue weighted by molar-refractivity contribution is 6.02. The highest BCUT2D eigenvalue weighted by Crippen LogP contribution is 2.28. The van der Waals surface area contributed by atoms with E-state index >= 15 is 0 Å². The molecule has 0 aliphatic rings. The van der Waals surface area contributed by atoms with Gasteiger partial charge in [-0.05, 0) is 42.8 Å². The SMILES string of the molecule is CCOc1cc(/C=C/c2nc3c(C(=O)OC)cccc3[nH]2)ccc1OC. The molecule has 0 saturated carbocycles. The van der Waals surface area contributed by atoms with Crippen LogP contribution < -0.4 is 9.47 Å². The molecule has 3 aromatic rings. The zero-order chi connectivity index (χ0) is 18.5. The molecule has 6 nitrogen and oxygen atoms in total. The number of methoxy groups -OCH3 is 2. The molecule has 0 amide bonds. The Balaban J connectivity index is 1.91. The molecule has 26 heavy (non-hydrogen) atoms. The lowest BCUT2D eigenvalue weighted by Gasteiger charge is -2.09. The molecule has 134 valence electrons. The molecule has 0 aliphatic heterocycles. The van der Waals surface area contributed by atoms with E-state index in [-0.39, 0.29) is 0 Å². The van der Waals surface area contributed by atoms with Gasteiger partial charge in [0, 0.05) is 0 Å². The van der Waals surface area contributed by atoms with Crippen molar-refractivity contribution in [1.29, 1.82) is 0 Å². The second-order valence-corrected chi connectivity index (χ2v) is 5.49. The predicted molar refractivity (Wildman–Crippen MR) is 101 cm³/mol. The average Bonchev–Trinajstić information content (AvgIpc) is 3.09. The molecule has 3 rings (SSSR count). The van der Waals surface area contributed by atoms with Crippen LogP contribution in [0.25, 0.3) is 23.2 Å². The van der Waals surface area contributed by atoms with E-state index < -0.39 is 5.97 Å². The minimum Gasteiger partial charge on any atom is -0.493 e. The lowest BCUT2D eigenvalue weighted by atomic mass is 10.2. The fraction of sp³-hybridized carbons (Fsp3) is 0.200. The molecular formula is C20H20N2O4. The fourth-order valence-electron chi connectivity index (χ4n) is 2.65. The summed E-state index contributed by atoms with van der Waals surface area (Å²) in [5.41, 5.74) is 2.74. The van der Waals surface area contributed by atoms with Crippen LogP contribution in [-0.2, 0) is 4.74 Å². The summed E-state index contributed by atoms with van der Waals surface area (Å²) in [6.45, 7) is 2.48.